The third-order valence-corrected chi connectivity index (χ3v) is 2.79. The number of nitrogens with one attached hydrogen (secondary N) is 1. The quantitative estimate of drug-likeness (QED) is 0.826. The van der Waals surface area contributed by atoms with E-state index in [1.165, 1.54) is 6.07 Å². The fraction of sp³-hybridized carbons (Fsp3) is 0.0714. The second-order valence-electron chi connectivity index (χ2n) is 3.94. The lowest BCUT2D eigenvalue weighted by Crippen LogP contribution is -2.09. The molecule has 2 aromatic rings. The fourth-order valence-electron chi connectivity index (χ4n) is 1.64. The predicted molar refractivity (Wildman–Crippen MR) is 78.7 cm³/mol. The van der Waals surface area contributed by atoms with Crippen molar-refractivity contribution < 1.29 is 13.5 Å². The maximum Gasteiger partial charge on any atom is 0.387 e. The average molecular weight is 294 g/mol. The lowest BCUT2D eigenvalue weighted by atomic mass is 10.2. The number of para-hydroxylation sites is 2. The van der Waals surface area contributed by atoms with Crippen molar-refractivity contribution in [2.24, 2.45) is 5.73 Å². The van der Waals surface area contributed by atoms with Gasteiger partial charge in [0.05, 0.1) is 5.69 Å². The van der Waals surface area contributed by atoms with Crippen LogP contribution < -0.4 is 15.8 Å². The number of nitrogens with two attached hydrogens (primary N) is 1. The fourth-order valence-corrected chi connectivity index (χ4v) is 1.78. The zero-order valence-electron chi connectivity index (χ0n) is 10.3. The van der Waals surface area contributed by atoms with Gasteiger partial charge in [-0.2, -0.15) is 8.78 Å². The summed E-state index contributed by atoms with van der Waals surface area (Å²) in [6, 6.07) is 13.5. The van der Waals surface area contributed by atoms with E-state index in [-0.39, 0.29) is 5.75 Å². The Balaban J connectivity index is 2.19. The summed E-state index contributed by atoms with van der Waals surface area (Å²) in [5.74, 6) is 0.0842. The SMILES string of the molecule is NC(=S)c1ccc(Nc2ccccc2OC(F)F)cc1. The minimum absolute atomic E-state index is 0.0842. The maximum atomic E-state index is 12.3. The van der Waals surface area contributed by atoms with E-state index in [4.69, 9.17) is 18.0 Å². The summed E-state index contributed by atoms with van der Waals surface area (Å²) in [6.45, 7) is -2.87. The van der Waals surface area contributed by atoms with Crippen LogP contribution in [0.2, 0.25) is 0 Å². The Morgan fingerprint density at radius 1 is 1.10 bits per heavy atom. The molecule has 0 saturated carbocycles. The van der Waals surface area contributed by atoms with Crippen LogP contribution in [-0.2, 0) is 0 Å². The molecule has 0 aliphatic carbocycles. The van der Waals surface area contributed by atoms with Crippen molar-refractivity contribution in [3.63, 3.8) is 0 Å². The first-order valence-corrected chi connectivity index (χ1v) is 6.18. The van der Waals surface area contributed by atoms with E-state index in [1.54, 1.807) is 42.5 Å². The standard InChI is InChI=1S/C14H12F2N2OS/c15-14(16)19-12-4-2-1-3-11(12)18-10-7-5-9(6-8-10)13(17)20/h1-8,14,18H,(H2,17,20). The molecule has 3 nitrogen and oxygen atoms in total. The molecule has 0 amide bonds. The lowest BCUT2D eigenvalue weighted by Gasteiger charge is -2.12. The monoisotopic (exact) mass is 294 g/mol. The van der Waals surface area contributed by atoms with Gasteiger partial charge in [-0.05, 0) is 36.4 Å². The molecular formula is C14H12F2N2OS. The Morgan fingerprint density at radius 2 is 1.75 bits per heavy atom. The minimum atomic E-state index is -2.87. The number of ether oxygens (including phenoxy) is 1. The Hall–Kier alpha value is -2.21. The summed E-state index contributed by atoms with van der Waals surface area (Å²) >= 11 is 4.86. The third kappa shape index (κ3) is 3.64. The molecule has 3 N–H and O–H groups in total. The molecule has 0 atom stereocenters. The lowest BCUT2D eigenvalue weighted by molar-refractivity contribution is -0.0493. The van der Waals surface area contributed by atoms with Crippen LogP contribution in [0.4, 0.5) is 20.2 Å². The van der Waals surface area contributed by atoms with Gasteiger partial charge < -0.3 is 15.8 Å². The molecule has 0 aliphatic rings. The average Bonchev–Trinajstić information content (AvgIpc) is 2.41. The zero-order valence-corrected chi connectivity index (χ0v) is 11.2. The molecule has 0 unspecified atom stereocenters. The van der Waals surface area contributed by atoms with Gasteiger partial charge in [0.15, 0.2) is 0 Å². The minimum Gasteiger partial charge on any atom is -0.433 e. The molecule has 0 heterocycles. The van der Waals surface area contributed by atoms with Gasteiger partial charge in [-0.15, -0.1) is 0 Å². The van der Waals surface area contributed by atoms with Crippen LogP contribution in [0.5, 0.6) is 5.75 Å². The van der Waals surface area contributed by atoms with Crippen LogP contribution in [0, 0.1) is 0 Å². The van der Waals surface area contributed by atoms with Gasteiger partial charge >= 0.3 is 6.61 Å². The first-order valence-electron chi connectivity index (χ1n) is 5.77. The highest BCUT2D eigenvalue weighted by molar-refractivity contribution is 7.80. The maximum absolute atomic E-state index is 12.3. The summed E-state index contributed by atoms with van der Waals surface area (Å²) < 4.78 is 29.0. The zero-order chi connectivity index (χ0) is 14.5. The van der Waals surface area contributed by atoms with Gasteiger partial charge in [-0.1, -0.05) is 24.4 Å². The number of hydrogen-bond donors (Lipinski definition) is 2. The molecule has 0 spiro atoms. The summed E-state index contributed by atoms with van der Waals surface area (Å²) in [4.78, 5) is 0.304. The Labute approximate surface area is 120 Å². The summed E-state index contributed by atoms with van der Waals surface area (Å²) in [5, 5.41) is 3.00. The normalized spacial score (nSPS) is 10.3. The van der Waals surface area contributed by atoms with E-state index in [9.17, 15) is 8.78 Å². The van der Waals surface area contributed by atoms with Crippen molar-refractivity contribution in [3.8, 4) is 5.75 Å². The number of hydrogen-bond acceptors (Lipinski definition) is 3. The van der Waals surface area contributed by atoms with E-state index in [0.29, 0.717) is 10.7 Å². The first-order chi connectivity index (χ1) is 9.56. The van der Waals surface area contributed by atoms with Crippen molar-refractivity contribution in [1.29, 1.82) is 0 Å². The van der Waals surface area contributed by atoms with E-state index >= 15 is 0 Å². The number of halogens is 2. The molecule has 0 radical (unpaired) electrons. The molecule has 104 valence electrons. The predicted octanol–water partition coefficient (Wildman–Crippen LogP) is 3.67. The van der Waals surface area contributed by atoms with Crippen LogP contribution in [0.1, 0.15) is 5.56 Å². The number of alkyl halides is 2. The van der Waals surface area contributed by atoms with Crippen LogP contribution in [-0.4, -0.2) is 11.6 Å². The second-order valence-corrected chi connectivity index (χ2v) is 4.38. The van der Waals surface area contributed by atoms with Crippen LogP contribution in [0.25, 0.3) is 0 Å². The third-order valence-electron chi connectivity index (χ3n) is 2.55. The van der Waals surface area contributed by atoms with Gasteiger partial charge in [0.2, 0.25) is 0 Å². The van der Waals surface area contributed by atoms with Gasteiger partial charge in [-0.3, -0.25) is 0 Å². The van der Waals surface area contributed by atoms with Crippen molar-refractivity contribution >= 4 is 28.6 Å². The molecule has 0 aromatic heterocycles. The molecular weight excluding hydrogens is 282 g/mol. The topological polar surface area (TPSA) is 47.3 Å². The van der Waals surface area contributed by atoms with Gasteiger partial charge in [-0.25, -0.2) is 0 Å². The van der Waals surface area contributed by atoms with E-state index in [2.05, 4.69) is 10.1 Å². The van der Waals surface area contributed by atoms with Crippen molar-refractivity contribution in [2.45, 2.75) is 6.61 Å². The number of benzene rings is 2. The van der Waals surface area contributed by atoms with Crippen LogP contribution in [0.15, 0.2) is 48.5 Å². The van der Waals surface area contributed by atoms with E-state index < -0.39 is 6.61 Å². The Bertz CT molecular complexity index is 602. The highest BCUT2D eigenvalue weighted by atomic mass is 32.1. The summed E-state index contributed by atoms with van der Waals surface area (Å²) in [5.41, 5.74) is 7.41. The largest absolute Gasteiger partial charge is 0.433 e. The number of thiocarbonyl (C=S) groups is 1. The molecule has 6 heteroatoms. The van der Waals surface area contributed by atoms with Crippen molar-refractivity contribution in [1.82, 2.24) is 0 Å². The molecule has 0 aliphatic heterocycles. The highest BCUT2D eigenvalue weighted by Gasteiger charge is 2.09. The van der Waals surface area contributed by atoms with Crippen LogP contribution in [0.3, 0.4) is 0 Å². The van der Waals surface area contributed by atoms with Crippen molar-refractivity contribution in [2.75, 3.05) is 5.32 Å². The molecule has 20 heavy (non-hydrogen) atoms. The van der Waals surface area contributed by atoms with Gasteiger partial charge in [0.1, 0.15) is 10.7 Å². The molecule has 2 aromatic carbocycles. The second kappa shape index (κ2) is 6.29. The van der Waals surface area contributed by atoms with Gasteiger partial charge in [0.25, 0.3) is 0 Å². The number of anilines is 2. The Morgan fingerprint density at radius 3 is 2.35 bits per heavy atom. The van der Waals surface area contributed by atoms with Gasteiger partial charge in [0, 0.05) is 11.3 Å². The van der Waals surface area contributed by atoms with E-state index in [0.717, 1.165) is 11.3 Å². The molecule has 0 fully saturated rings. The molecule has 0 saturated heterocycles. The first kappa shape index (κ1) is 14.2. The van der Waals surface area contributed by atoms with Crippen molar-refractivity contribution in [3.05, 3.63) is 54.1 Å². The van der Waals surface area contributed by atoms with Crippen LogP contribution >= 0.6 is 12.2 Å². The highest BCUT2D eigenvalue weighted by Crippen LogP contribution is 2.28. The molecule has 2 rings (SSSR count). The Kier molecular flexibility index (Phi) is 4.47. The smallest absolute Gasteiger partial charge is 0.387 e. The number of rotatable bonds is 5. The summed E-state index contributed by atoms with van der Waals surface area (Å²) in [7, 11) is 0. The summed E-state index contributed by atoms with van der Waals surface area (Å²) in [6.07, 6.45) is 0. The molecule has 0 bridgehead atoms. The van der Waals surface area contributed by atoms with E-state index in [1.807, 2.05) is 0 Å².